The van der Waals surface area contributed by atoms with Gasteiger partial charge in [0, 0.05) is 31.5 Å². The van der Waals surface area contributed by atoms with Crippen molar-refractivity contribution < 1.29 is 0 Å². The molecular formula is C19H24N2. The Kier molecular flexibility index (Phi) is 3.98. The van der Waals surface area contributed by atoms with Crippen LogP contribution in [0, 0.1) is 5.41 Å². The topological polar surface area (TPSA) is 19.0 Å². The van der Waals surface area contributed by atoms with E-state index in [0.717, 1.165) is 19.6 Å². The third kappa shape index (κ3) is 3.85. The molecule has 1 aromatic heterocycles. The van der Waals surface area contributed by atoms with E-state index in [9.17, 15) is 0 Å². The molecule has 0 unspecified atom stereocenters. The van der Waals surface area contributed by atoms with E-state index < -0.39 is 0 Å². The van der Waals surface area contributed by atoms with Crippen LogP contribution in [0.4, 0.5) is 0 Å². The maximum absolute atomic E-state index is 3.28. The Balaban J connectivity index is 1.76. The molecule has 2 nitrogen and oxygen atoms in total. The van der Waals surface area contributed by atoms with Crippen molar-refractivity contribution in [3.05, 3.63) is 65.5 Å². The predicted octanol–water partition coefficient (Wildman–Crippen LogP) is 4.33. The number of hydrogen-bond acceptors (Lipinski definition) is 1. The minimum atomic E-state index is 0.339. The largest absolute Gasteiger partial charge is 0.362 e. The predicted molar refractivity (Wildman–Crippen MR) is 88.9 cm³/mol. The standard InChI is InChI=1S/C19H24N2/c1-19(2)12-17(11-18-9-6-10-20-18)14-21(15-19)13-16-7-4-3-5-8-16/h3-11,20H,12-15H2,1-2H3. The highest BCUT2D eigenvalue weighted by atomic mass is 15.1. The molecule has 1 fully saturated rings. The zero-order chi connectivity index (χ0) is 14.7. The van der Waals surface area contributed by atoms with Crippen molar-refractivity contribution in [2.24, 2.45) is 5.41 Å². The average Bonchev–Trinajstić information content (AvgIpc) is 2.90. The lowest BCUT2D eigenvalue weighted by Gasteiger charge is -2.39. The molecule has 1 N–H and O–H groups in total. The summed E-state index contributed by atoms with van der Waals surface area (Å²) >= 11 is 0. The second kappa shape index (κ2) is 5.90. The van der Waals surface area contributed by atoms with Gasteiger partial charge < -0.3 is 4.98 Å². The van der Waals surface area contributed by atoms with Gasteiger partial charge in [-0.25, -0.2) is 0 Å². The van der Waals surface area contributed by atoms with Gasteiger partial charge in [-0.2, -0.15) is 0 Å². The van der Waals surface area contributed by atoms with Crippen LogP contribution in [0.5, 0.6) is 0 Å². The van der Waals surface area contributed by atoms with Crippen LogP contribution in [0.3, 0.4) is 0 Å². The number of nitrogens with zero attached hydrogens (tertiary/aromatic N) is 1. The van der Waals surface area contributed by atoms with Gasteiger partial charge in [0.15, 0.2) is 0 Å². The van der Waals surface area contributed by atoms with Crippen LogP contribution >= 0.6 is 0 Å². The molecule has 0 spiro atoms. The van der Waals surface area contributed by atoms with Crippen molar-refractivity contribution >= 4 is 6.08 Å². The lowest BCUT2D eigenvalue weighted by atomic mass is 9.81. The van der Waals surface area contributed by atoms with Gasteiger partial charge in [-0.15, -0.1) is 0 Å². The molecule has 0 radical (unpaired) electrons. The first-order chi connectivity index (χ1) is 10.1. The summed E-state index contributed by atoms with van der Waals surface area (Å²) in [6, 6.07) is 15.0. The number of likely N-dealkylation sites (tertiary alicyclic amines) is 1. The highest BCUT2D eigenvalue weighted by Gasteiger charge is 2.29. The van der Waals surface area contributed by atoms with E-state index in [1.165, 1.54) is 23.3 Å². The molecule has 110 valence electrons. The third-order valence-corrected chi connectivity index (χ3v) is 4.01. The van der Waals surface area contributed by atoms with Crippen molar-refractivity contribution in [3.63, 3.8) is 0 Å². The van der Waals surface area contributed by atoms with Crippen LogP contribution in [0.1, 0.15) is 31.5 Å². The number of H-pyrrole nitrogens is 1. The van der Waals surface area contributed by atoms with E-state index in [0.29, 0.717) is 5.41 Å². The first-order valence-electron chi connectivity index (χ1n) is 7.70. The van der Waals surface area contributed by atoms with Crippen molar-refractivity contribution in [3.8, 4) is 0 Å². The highest BCUT2D eigenvalue weighted by molar-refractivity contribution is 5.50. The molecule has 1 aliphatic heterocycles. The Morgan fingerprint density at radius 2 is 1.95 bits per heavy atom. The van der Waals surface area contributed by atoms with Crippen LogP contribution < -0.4 is 0 Å². The van der Waals surface area contributed by atoms with Crippen molar-refractivity contribution in [1.29, 1.82) is 0 Å². The van der Waals surface area contributed by atoms with E-state index in [1.54, 1.807) is 0 Å². The number of nitrogens with one attached hydrogen (secondary N) is 1. The van der Waals surface area contributed by atoms with Crippen molar-refractivity contribution in [2.75, 3.05) is 13.1 Å². The molecule has 3 rings (SSSR count). The summed E-state index contributed by atoms with van der Waals surface area (Å²) in [4.78, 5) is 5.84. The Morgan fingerprint density at radius 1 is 1.14 bits per heavy atom. The van der Waals surface area contributed by atoms with Crippen LogP contribution in [0.25, 0.3) is 6.08 Å². The maximum atomic E-state index is 3.28. The van der Waals surface area contributed by atoms with Gasteiger partial charge in [0.2, 0.25) is 0 Å². The van der Waals surface area contributed by atoms with Gasteiger partial charge in [-0.05, 0) is 35.6 Å². The smallest absolute Gasteiger partial charge is 0.0380 e. The fraction of sp³-hybridized carbons (Fsp3) is 0.368. The summed E-state index contributed by atoms with van der Waals surface area (Å²) < 4.78 is 0. The minimum absolute atomic E-state index is 0.339. The normalized spacial score (nSPS) is 20.8. The Labute approximate surface area is 127 Å². The van der Waals surface area contributed by atoms with E-state index in [1.807, 2.05) is 6.20 Å². The number of aromatic nitrogens is 1. The van der Waals surface area contributed by atoms with E-state index in [-0.39, 0.29) is 0 Å². The fourth-order valence-electron chi connectivity index (χ4n) is 3.38. The molecule has 0 atom stereocenters. The van der Waals surface area contributed by atoms with Crippen molar-refractivity contribution in [2.45, 2.75) is 26.8 Å². The summed E-state index contributed by atoms with van der Waals surface area (Å²) in [6.07, 6.45) is 5.48. The van der Waals surface area contributed by atoms with Gasteiger partial charge in [-0.3, -0.25) is 4.90 Å². The van der Waals surface area contributed by atoms with Crippen molar-refractivity contribution in [1.82, 2.24) is 9.88 Å². The second-order valence-electron chi connectivity index (χ2n) is 6.90. The molecular weight excluding hydrogens is 256 g/mol. The zero-order valence-electron chi connectivity index (χ0n) is 13.0. The summed E-state index contributed by atoms with van der Waals surface area (Å²) in [5, 5.41) is 0. The lowest BCUT2D eigenvalue weighted by molar-refractivity contribution is 0.147. The highest BCUT2D eigenvalue weighted by Crippen LogP contribution is 2.33. The van der Waals surface area contributed by atoms with Crippen LogP contribution in [-0.2, 0) is 6.54 Å². The molecule has 2 aromatic rings. The number of piperidine rings is 1. The number of aromatic amines is 1. The van der Waals surface area contributed by atoms with E-state index >= 15 is 0 Å². The van der Waals surface area contributed by atoms with Crippen LogP contribution in [0.2, 0.25) is 0 Å². The van der Waals surface area contributed by atoms with Gasteiger partial charge in [0.05, 0.1) is 0 Å². The molecule has 1 aliphatic rings. The summed E-state index contributed by atoms with van der Waals surface area (Å²) in [5.41, 5.74) is 4.47. The maximum Gasteiger partial charge on any atom is 0.0380 e. The monoisotopic (exact) mass is 280 g/mol. The second-order valence-corrected chi connectivity index (χ2v) is 6.90. The molecule has 0 bridgehead atoms. The van der Waals surface area contributed by atoms with Gasteiger partial charge in [-0.1, -0.05) is 49.8 Å². The lowest BCUT2D eigenvalue weighted by Crippen LogP contribution is -2.40. The fourth-order valence-corrected chi connectivity index (χ4v) is 3.38. The number of benzene rings is 1. The molecule has 0 amide bonds. The molecule has 2 heterocycles. The Morgan fingerprint density at radius 3 is 2.67 bits per heavy atom. The number of rotatable bonds is 3. The number of hydrogen-bond donors (Lipinski definition) is 1. The van der Waals surface area contributed by atoms with Crippen LogP contribution in [0.15, 0.2) is 54.2 Å². The molecule has 21 heavy (non-hydrogen) atoms. The SMILES string of the molecule is CC1(C)CC(=Cc2ccc[nH]2)CN(Cc2ccccc2)C1. The minimum Gasteiger partial charge on any atom is -0.362 e. The molecule has 0 aliphatic carbocycles. The average molecular weight is 280 g/mol. The molecule has 1 saturated heterocycles. The quantitative estimate of drug-likeness (QED) is 0.886. The van der Waals surface area contributed by atoms with Gasteiger partial charge >= 0.3 is 0 Å². The molecule has 2 heteroatoms. The third-order valence-electron chi connectivity index (χ3n) is 4.01. The summed E-state index contributed by atoms with van der Waals surface area (Å²) in [7, 11) is 0. The summed E-state index contributed by atoms with van der Waals surface area (Å²) in [6.45, 7) is 7.99. The van der Waals surface area contributed by atoms with Crippen LogP contribution in [-0.4, -0.2) is 23.0 Å². The van der Waals surface area contributed by atoms with Gasteiger partial charge in [0.1, 0.15) is 0 Å². The first-order valence-corrected chi connectivity index (χ1v) is 7.70. The first kappa shape index (κ1) is 14.2. The Bertz CT molecular complexity index is 594. The zero-order valence-corrected chi connectivity index (χ0v) is 13.0. The summed E-state index contributed by atoms with van der Waals surface area (Å²) in [5.74, 6) is 0. The molecule has 0 saturated carbocycles. The Hall–Kier alpha value is -1.80. The molecule has 1 aromatic carbocycles. The van der Waals surface area contributed by atoms with Gasteiger partial charge in [0.25, 0.3) is 0 Å². The van der Waals surface area contributed by atoms with E-state index in [4.69, 9.17) is 0 Å². The van der Waals surface area contributed by atoms with E-state index in [2.05, 4.69) is 72.3 Å².